The van der Waals surface area contributed by atoms with Crippen LogP contribution in [-0.4, -0.2) is 124 Å². The van der Waals surface area contributed by atoms with Gasteiger partial charge < -0.3 is 56.8 Å². The summed E-state index contributed by atoms with van der Waals surface area (Å²) in [6.07, 6.45) is -15.8. The van der Waals surface area contributed by atoms with Gasteiger partial charge in [0.15, 0.2) is 36.8 Å². The molecule has 52 heavy (non-hydrogen) atoms. The highest BCUT2D eigenvalue weighted by Gasteiger charge is 2.58. The van der Waals surface area contributed by atoms with Crippen LogP contribution < -0.4 is 9.47 Å². The number of benzene rings is 1. The lowest BCUT2D eigenvalue weighted by atomic mass is 9.96. The van der Waals surface area contributed by atoms with Crippen LogP contribution >= 0.6 is 0 Å². The zero-order valence-corrected chi connectivity index (χ0v) is 29.8. The van der Waals surface area contributed by atoms with Crippen LogP contribution in [0.15, 0.2) is 24.3 Å². The first-order valence-corrected chi connectivity index (χ1v) is 15.9. The molecule has 0 aliphatic carbocycles. The molecule has 288 valence electrons. The third kappa shape index (κ3) is 12.1. The van der Waals surface area contributed by atoms with Crippen molar-refractivity contribution in [2.24, 2.45) is 0 Å². The first-order valence-electron chi connectivity index (χ1n) is 15.9. The van der Waals surface area contributed by atoms with E-state index in [0.717, 1.165) is 48.5 Å². The number of carbonyl (C=O) groups excluding carboxylic acids is 7. The third-order valence-electron chi connectivity index (χ3n) is 7.20. The quantitative estimate of drug-likeness (QED) is 0.189. The summed E-state index contributed by atoms with van der Waals surface area (Å²) in [4.78, 5) is 85.7. The molecule has 19 heteroatoms. The van der Waals surface area contributed by atoms with Gasteiger partial charge in [-0.1, -0.05) is 0 Å². The van der Waals surface area contributed by atoms with Crippen LogP contribution in [0.2, 0.25) is 0 Å². The summed E-state index contributed by atoms with van der Waals surface area (Å²) in [6, 6.07) is 6.17. The van der Waals surface area contributed by atoms with Gasteiger partial charge in [0.2, 0.25) is 6.29 Å². The summed E-state index contributed by atoms with van der Waals surface area (Å²) in [6.45, 7) is 6.38. The number of ether oxygens (including phenoxy) is 12. The molecule has 2 saturated heterocycles. The molecule has 2 aliphatic rings. The largest absolute Gasteiger partial charge is 0.497 e. The molecule has 3 rings (SSSR count). The molecule has 2 fully saturated rings. The summed E-state index contributed by atoms with van der Waals surface area (Å²) >= 11 is 0. The zero-order valence-electron chi connectivity index (χ0n) is 29.8. The average molecular weight is 743 g/mol. The lowest BCUT2D eigenvalue weighted by Gasteiger charge is -2.48. The van der Waals surface area contributed by atoms with Crippen LogP contribution in [0.5, 0.6) is 11.5 Å². The number of esters is 7. The van der Waals surface area contributed by atoms with Crippen LogP contribution in [-0.2, 0) is 80.9 Å². The first-order chi connectivity index (χ1) is 24.5. The van der Waals surface area contributed by atoms with Crippen molar-refractivity contribution in [2.45, 2.75) is 110 Å². The Morgan fingerprint density at radius 1 is 0.481 bits per heavy atom. The van der Waals surface area contributed by atoms with Gasteiger partial charge in [-0.2, -0.15) is 0 Å². The van der Waals surface area contributed by atoms with Crippen LogP contribution in [0, 0.1) is 0 Å². The van der Waals surface area contributed by atoms with Crippen LogP contribution in [0.1, 0.15) is 48.5 Å². The number of hydrogen-bond donors (Lipinski definition) is 0. The number of hydrogen-bond acceptors (Lipinski definition) is 19. The Kier molecular flexibility index (Phi) is 15.1. The summed E-state index contributed by atoms with van der Waals surface area (Å²) < 4.78 is 67.7. The van der Waals surface area contributed by atoms with E-state index in [1.165, 1.54) is 19.2 Å². The molecule has 0 bridgehead atoms. The van der Waals surface area contributed by atoms with Crippen molar-refractivity contribution in [3.63, 3.8) is 0 Å². The molecule has 10 unspecified atom stereocenters. The fourth-order valence-electron chi connectivity index (χ4n) is 5.35. The Balaban J connectivity index is 2.20. The topological polar surface area (TPSA) is 230 Å². The van der Waals surface area contributed by atoms with Crippen LogP contribution in [0.3, 0.4) is 0 Å². The van der Waals surface area contributed by atoms with E-state index >= 15 is 0 Å². The first kappa shape index (κ1) is 41.4. The number of carbonyl (C=O) groups is 7. The molecule has 1 aromatic carbocycles. The van der Waals surface area contributed by atoms with Gasteiger partial charge in [0.05, 0.1) is 7.11 Å². The van der Waals surface area contributed by atoms with Crippen molar-refractivity contribution < 1.29 is 90.4 Å². The van der Waals surface area contributed by atoms with Gasteiger partial charge in [0, 0.05) is 48.5 Å². The Morgan fingerprint density at radius 2 is 0.846 bits per heavy atom. The normalized spacial score (nSPS) is 28.2. The Hall–Kier alpha value is -5.01. The molecule has 10 atom stereocenters. The van der Waals surface area contributed by atoms with Gasteiger partial charge in [0.1, 0.15) is 43.0 Å². The Bertz CT molecular complexity index is 1440. The monoisotopic (exact) mass is 742 g/mol. The van der Waals surface area contributed by atoms with Crippen molar-refractivity contribution >= 4 is 41.8 Å². The summed E-state index contributed by atoms with van der Waals surface area (Å²) in [5.41, 5.74) is 0. The van der Waals surface area contributed by atoms with Gasteiger partial charge in [-0.25, -0.2) is 0 Å². The van der Waals surface area contributed by atoms with E-state index < -0.39 is 116 Å². The van der Waals surface area contributed by atoms with E-state index in [-0.39, 0.29) is 5.75 Å². The van der Waals surface area contributed by atoms with E-state index in [2.05, 4.69) is 0 Å². The van der Waals surface area contributed by atoms with E-state index in [1.54, 1.807) is 12.1 Å². The molecule has 2 aliphatic heterocycles. The van der Waals surface area contributed by atoms with E-state index in [4.69, 9.17) is 56.8 Å². The summed E-state index contributed by atoms with van der Waals surface area (Å²) in [5.74, 6) is -5.23. The van der Waals surface area contributed by atoms with E-state index in [0.29, 0.717) is 5.75 Å². The fraction of sp³-hybridized carbons (Fsp3) is 0.606. The van der Waals surface area contributed by atoms with Gasteiger partial charge in [0.25, 0.3) is 0 Å². The maximum atomic E-state index is 12.5. The molecule has 19 nitrogen and oxygen atoms in total. The number of methoxy groups -OCH3 is 1. The fourth-order valence-corrected chi connectivity index (χ4v) is 5.35. The zero-order chi connectivity index (χ0) is 38.7. The van der Waals surface area contributed by atoms with E-state index in [9.17, 15) is 33.6 Å². The van der Waals surface area contributed by atoms with Crippen molar-refractivity contribution in [1.29, 1.82) is 0 Å². The molecular formula is C33H42O19. The minimum atomic E-state index is -1.82. The molecule has 1 aromatic rings. The minimum Gasteiger partial charge on any atom is -0.497 e. The van der Waals surface area contributed by atoms with Crippen LogP contribution in [0.25, 0.3) is 0 Å². The smallest absolute Gasteiger partial charge is 0.303 e. The maximum Gasteiger partial charge on any atom is 0.303 e. The Labute approximate surface area is 298 Å². The Morgan fingerprint density at radius 3 is 1.27 bits per heavy atom. The second kappa shape index (κ2) is 19.0. The van der Waals surface area contributed by atoms with Gasteiger partial charge in [-0.15, -0.1) is 0 Å². The van der Waals surface area contributed by atoms with Crippen molar-refractivity contribution in [2.75, 3.05) is 20.3 Å². The molecule has 0 radical (unpaired) electrons. The van der Waals surface area contributed by atoms with Crippen molar-refractivity contribution in [3.05, 3.63) is 24.3 Å². The van der Waals surface area contributed by atoms with Gasteiger partial charge >= 0.3 is 41.8 Å². The van der Waals surface area contributed by atoms with Crippen molar-refractivity contribution in [3.8, 4) is 11.5 Å². The molecular weight excluding hydrogens is 700 g/mol. The molecule has 0 N–H and O–H groups in total. The predicted octanol–water partition coefficient (Wildman–Crippen LogP) is 0.694. The average Bonchev–Trinajstić information content (AvgIpc) is 3.03. The summed E-state index contributed by atoms with van der Waals surface area (Å²) in [5, 5.41) is 0. The second-order valence-corrected chi connectivity index (χ2v) is 11.5. The standard InChI is InChI=1S/C33H42O19/c1-15(34)42-13-24-26(44-17(3)36)28(46-19(5)38)30(47-20(6)39)33(51-24)52-29-27(45-18(4)37)25(14-43-16(2)35)50-32(31(29)48-21(7)40)49-23-11-9-22(41-8)10-12-23/h9-12,24-33H,13-14H2,1-8H3. The van der Waals surface area contributed by atoms with Crippen molar-refractivity contribution in [1.82, 2.24) is 0 Å². The highest BCUT2D eigenvalue weighted by Crippen LogP contribution is 2.36. The molecule has 0 amide bonds. The highest BCUT2D eigenvalue weighted by atomic mass is 16.8. The van der Waals surface area contributed by atoms with Gasteiger partial charge in [-0.3, -0.25) is 33.6 Å². The maximum absolute atomic E-state index is 12.5. The lowest BCUT2D eigenvalue weighted by Crippen LogP contribution is -2.67. The summed E-state index contributed by atoms with van der Waals surface area (Å²) in [7, 11) is 1.46. The molecule has 0 aromatic heterocycles. The molecule has 2 heterocycles. The lowest BCUT2D eigenvalue weighted by molar-refractivity contribution is -0.355. The van der Waals surface area contributed by atoms with E-state index in [1.807, 2.05) is 0 Å². The second-order valence-electron chi connectivity index (χ2n) is 11.5. The van der Waals surface area contributed by atoms with Crippen LogP contribution in [0.4, 0.5) is 0 Å². The SMILES string of the molecule is COc1ccc(OC2OC(COC(C)=O)C(OC(C)=O)C(OC3OC(COC(C)=O)C(OC(C)=O)C(OC(C)=O)C3OC(C)=O)C2OC(C)=O)cc1. The molecule has 0 saturated carbocycles. The highest BCUT2D eigenvalue weighted by molar-refractivity contribution is 5.69. The minimum absolute atomic E-state index is 0.186. The predicted molar refractivity (Wildman–Crippen MR) is 167 cm³/mol. The van der Waals surface area contributed by atoms with Gasteiger partial charge in [-0.05, 0) is 24.3 Å². The number of rotatable bonds is 14. The molecule has 0 spiro atoms. The third-order valence-corrected chi connectivity index (χ3v) is 7.20.